The molecule has 0 heterocycles. The zero-order valence-corrected chi connectivity index (χ0v) is 14.1. The van der Waals surface area contributed by atoms with Crippen LogP contribution in [0.15, 0.2) is 34.8 Å². The van der Waals surface area contributed by atoms with Crippen LogP contribution >= 0.6 is 39.1 Å². The lowest BCUT2D eigenvalue weighted by Crippen LogP contribution is -2.03. The van der Waals surface area contributed by atoms with E-state index in [9.17, 15) is 10.1 Å². The van der Waals surface area contributed by atoms with Crippen LogP contribution in [-0.2, 0) is 6.54 Å². The first-order valence-electron chi connectivity index (χ1n) is 6.01. The standard InChI is InChI=1S/C14H11BrCl2N2O2/c1-8-5-10(15)13(6-14(8)19(20)21)18-7-9-11(16)3-2-4-12(9)17/h2-6,18H,7H2,1H3. The van der Waals surface area contributed by atoms with Crippen LogP contribution in [-0.4, -0.2) is 4.92 Å². The topological polar surface area (TPSA) is 55.2 Å². The van der Waals surface area contributed by atoms with Crippen molar-refractivity contribution in [1.29, 1.82) is 0 Å². The smallest absolute Gasteiger partial charge is 0.274 e. The van der Waals surface area contributed by atoms with Crippen LogP contribution in [0.2, 0.25) is 10.0 Å². The van der Waals surface area contributed by atoms with Crippen molar-refractivity contribution in [2.45, 2.75) is 13.5 Å². The summed E-state index contributed by atoms with van der Waals surface area (Å²) in [4.78, 5) is 10.6. The summed E-state index contributed by atoms with van der Waals surface area (Å²) in [6, 6.07) is 8.45. The molecule has 0 aliphatic heterocycles. The number of hydrogen-bond donors (Lipinski definition) is 1. The van der Waals surface area contributed by atoms with Gasteiger partial charge in [0.25, 0.3) is 5.69 Å². The van der Waals surface area contributed by atoms with Crippen molar-refractivity contribution in [2.24, 2.45) is 0 Å². The molecule has 0 amide bonds. The van der Waals surface area contributed by atoms with E-state index >= 15 is 0 Å². The third-order valence-electron chi connectivity index (χ3n) is 3.00. The molecule has 0 atom stereocenters. The fourth-order valence-corrected chi connectivity index (χ4v) is 3.01. The molecule has 2 rings (SSSR count). The van der Waals surface area contributed by atoms with E-state index in [1.807, 2.05) is 0 Å². The molecule has 4 nitrogen and oxygen atoms in total. The SMILES string of the molecule is Cc1cc(Br)c(NCc2c(Cl)cccc2Cl)cc1[N+](=O)[O-]. The number of nitro benzene ring substituents is 1. The molecule has 0 saturated carbocycles. The van der Waals surface area contributed by atoms with Gasteiger partial charge in [0.1, 0.15) is 0 Å². The van der Waals surface area contributed by atoms with Crippen molar-refractivity contribution in [3.05, 3.63) is 66.1 Å². The Morgan fingerprint density at radius 3 is 2.48 bits per heavy atom. The lowest BCUT2D eigenvalue weighted by atomic mass is 10.1. The Morgan fingerprint density at radius 1 is 1.29 bits per heavy atom. The van der Waals surface area contributed by atoms with Gasteiger partial charge < -0.3 is 5.32 Å². The lowest BCUT2D eigenvalue weighted by Gasteiger charge is -2.12. The number of halogens is 3. The Morgan fingerprint density at radius 2 is 1.90 bits per heavy atom. The minimum absolute atomic E-state index is 0.0611. The highest BCUT2D eigenvalue weighted by Crippen LogP contribution is 2.32. The highest BCUT2D eigenvalue weighted by molar-refractivity contribution is 9.10. The molecule has 7 heteroatoms. The molecular formula is C14H11BrCl2N2O2. The summed E-state index contributed by atoms with van der Waals surface area (Å²) in [5.41, 5.74) is 2.01. The molecule has 0 spiro atoms. The Kier molecular flexibility index (Phi) is 5.08. The van der Waals surface area contributed by atoms with Crippen LogP contribution in [0.5, 0.6) is 0 Å². The molecule has 0 fully saturated rings. The maximum atomic E-state index is 11.0. The first-order chi connectivity index (χ1) is 9.90. The minimum atomic E-state index is -0.407. The van der Waals surface area contributed by atoms with Crippen LogP contribution in [0.3, 0.4) is 0 Å². The number of nitrogens with one attached hydrogen (secondary N) is 1. The average Bonchev–Trinajstić information content (AvgIpc) is 2.39. The molecule has 0 bridgehead atoms. The van der Waals surface area contributed by atoms with Crippen molar-refractivity contribution in [3.63, 3.8) is 0 Å². The van der Waals surface area contributed by atoms with Crippen molar-refractivity contribution in [1.82, 2.24) is 0 Å². The summed E-state index contributed by atoms with van der Waals surface area (Å²) >= 11 is 15.6. The second-order valence-corrected chi connectivity index (χ2v) is 6.10. The van der Waals surface area contributed by atoms with Gasteiger partial charge in [-0.1, -0.05) is 29.3 Å². The second kappa shape index (κ2) is 6.64. The zero-order valence-electron chi connectivity index (χ0n) is 11.0. The summed E-state index contributed by atoms with van der Waals surface area (Å²) in [5.74, 6) is 0. The van der Waals surface area contributed by atoms with Crippen LogP contribution in [0.25, 0.3) is 0 Å². The van der Waals surface area contributed by atoms with E-state index in [0.29, 0.717) is 27.8 Å². The molecule has 0 unspecified atom stereocenters. The zero-order chi connectivity index (χ0) is 15.6. The van der Waals surface area contributed by atoms with E-state index in [-0.39, 0.29) is 5.69 Å². The highest BCUT2D eigenvalue weighted by Gasteiger charge is 2.15. The van der Waals surface area contributed by atoms with E-state index in [2.05, 4.69) is 21.2 Å². The third kappa shape index (κ3) is 3.67. The van der Waals surface area contributed by atoms with Crippen LogP contribution in [0, 0.1) is 17.0 Å². The van der Waals surface area contributed by atoms with Crippen molar-refractivity contribution in [3.8, 4) is 0 Å². The third-order valence-corrected chi connectivity index (χ3v) is 4.36. The Balaban J connectivity index is 2.28. The van der Waals surface area contributed by atoms with Gasteiger partial charge in [-0.2, -0.15) is 0 Å². The number of anilines is 1. The van der Waals surface area contributed by atoms with Crippen molar-refractivity contribution < 1.29 is 4.92 Å². The number of nitrogens with zero attached hydrogens (tertiary/aromatic N) is 1. The number of rotatable bonds is 4. The molecule has 0 aliphatic carbocycles. The van der Waals surface area contributed by atoms with Gasteiger partial charge in [0.05, 0.1) is 10.6 Å². The van der Waals surface area contributed by atoms with Gasteiger partial charge in [-0.3, -0.25) is 10.1 Å². The number of hydrogen-bond acceptors (Lipinski definition) is 3. The molecule has 21 heavy (non-hydrogen) atoms. The Labute approximate surface area is 140 Å². The summed E-state index contributed by atoms with van der Waals surface area (Å²) in [5, 5.41) is 15.2. The van der Waals surface area contributed by atoms with Crippen LogP contribution in [0.4, 0.5) is 11.4 Å². The molecule has 0 saturated heterocycles. The molecule has 1 N–H and O–H groups in total. The predicted octanol–water partition coefficient (Wildman–Crippen LogP) is 5.58. The first-order valence-corrected chi connectivity index (χ1v) is 7.56. The molecule has 110 valence electrons. The molecule has 0 aromatic heterocycles. The largest absolute Gasteiger partial charge is 0.380 e. The monoisotopic (exact) mass is 388 g/mol. The summed E-state index contributed by atoms with van der Waals surface area (Å²) in [6.45, 7) is 2.06. The maximum absolute atomic E-state index is 11.0. The summed E-state index contributed by atoms with van der Waals surface area (Å²) in [7, 11) is 0. The predicted molar refractivity (Wildman–Crippen MR) is 89.3 cm³/mol. The van der Waals surface area contributed by atoms with Gasteiger partial charge in [-0.25, -0.2) is 0 Å². The summed E-state index contributed by atoms with van der Waals surface area (Å²) < 4.78 is 0.744. The van der Waals surface area contributed by atoms with E-state index in [1.54, 1.807) is 31.2 Å². The van der Waals surface area contributed by atoms with Gasteiger partial charge in [0, 0.05) is 38.3 Å². The van der Waals surface area contributed by atoms with Gasteiger partial charge in [-0.05, 0) is 41.1 Å². The molecule has 0 aliphatic rings. The Bertz CT molecular complexity index is 687. The minimum Gasteiger partial charge on any atom is -0.380 e. The molecule has 2 aromatic carbocycles. The van der Waals surface area contributed by atoms with E-state index in [0.717, 1.165) is 10.0 Å². The van der Waals surface area contributed by atoms with E-state index < -0.39 is 4.92 Å². The van der Waals surface area contributed by atoms with Gasteiger partial charge in [0.2, 0.25) is 0 Å². The maximum Gasteiger partial charge on any atom is 0.274 e. The van der Waals surface area contributed by atoms with Gasteiger partial charge in [0.15, 0.2) is 0 Å². The molecular weight excluding hydrogens is 379 g/mol. The number of nitro groups is 1. The van der Waals surface area contributed by atoms with E-state index in [4.69, 9.17) is 23.2 Å². The quantitative estimate of drug-likeness (QED) is 0.548. The van der Waals surface area contributed by atoms with Crippen molar-refractivity contribution >= 4 is 50.5 Å². The highest BCUT2D eigenvalue weighted by atomic mass is 79.9. The Hall–Kier alpha value is -1.30. The lowest BCUT2D eigenvalue weighted by molar-refractivity contribution is -0.385. The summed E-state index contributed by atoms with van der Waals surface area (Å²) in [6.07, 6.45) is 0. The molecule has 0 radical (unpaired) electrons. The first kappa shape index (κ1) is 16.1. The van der Waals surface area contributed by atoms with Gasteiger partial charge >= 0.3 is 0 Å². The normalized spacial score (nSPS) is 10.5. The average molecular weight is 390 g/mol. The number of benzene rings is 2. The fraction of sp³-hybridized carbons (Fsp3) is 0.143. The fourth-order valence-electron chi connectivity index (χ4n) is 1.88. The van der Waals surface area contributed by atoms with Gasteiger partial charge in [-0.15, -0.1) is 0 Å². The van der Waals surface area contributed by atoms with Crippen molar-refractivity contribution in [2.75, 3.05) is 5.32 Å². The number of aryl methyl sites for hydroxylation is 1. The molecule has 2 aromatic rings. The van der Waals surface area contributed by atoms with E-state index in [1.165, 1.54) is 6.07 Å². The second-order valence-electron chi connectivity index (χ2n) is 4.43. The van der Waals surface area contributed by atoms with Crippen LogP contribution < -0.4 is 5.32 Å². The van der Waals surface area contributed by atoms with Crippen LogP contribution in [0.1, 0.15) is 11.1 Å².